The summed E-state index contributed by atoms with van der Waals surface area (Å²) in [5, 5.41) is 7.12. The number of aryl methyl sites for hydroxylation is 1. The Labute approximate surface area is 102 Å². The van der Waals surface area contributed by atoms with Gasteiger partial charge in [0.2, 0.25) is 10.0 Å². The molecule has 6 heteroatoms. The quantitative estimate of drug-likeness (QED) is 0.603. The first kappa shape index (κ1) is 13.7. The summed E-state index contributed by atoms with van der Waals surface area (Å²) in [5.74, 6) is 0.134. The molecule has 0 bridgehead atoms. The van der Waals surface area contributed by atoms with Gasteiger partial charge in [0.15, 0.2) is 0 Å². The molecule has 1 aromatic carbocycles. The van der Waals surface area contributed by atoms with Gasteiger partial charge in [-0.25, -0.2) is 12.7 Å². The fraction of sp³-hybridized carbons (Fsp3) is 0.364. The van der Waals surface area contributed by atoms with Crippen LogP contribution >= 0.6 is 0 Å². The Balaban J connectivity index is 2.85. The van der Waals surface area contributed by atoms with Gasteiger partial charge in [-0.15, -0.1) is 0 Å². The van der Waals surface area contributed by atoms with Crippen LogP contribution in [0.1, 0.15) is 12.0 Å². The molecule has 0 radical (unpaired) electrons. The van der Waals surface area contributed by atoms with E-state index < -0.39 is 10.0 Å². The van der Waals surface area contributed by atoms with Gasteiger partial charge in [0.1, 0.15) is 0 Å². The van der Waals surface area contributed by atoms with E-state index in [1.54, 1.807) is 24.3 Å². The molecule has 0 fully saturated rings. The van der Waals surface area contributed by atoms with Gasteiger partial charge < -0.3 is 5.73 Å². The lowest BCUT2D eigenvalue weighted by Crippen LogP contribution is -2.22. The summed E-state index contributed by atoms with van der Waals surface area (Å²) >= 11 is 0. The molecular formula is C11H17N3O2S. The molecule has 5 nitrogen and oxygen atoms in total. The molecule has 0 spiro atoms. The van der Waals surface area contributed by atoms with Crippen molar-refractivity contribution >= 4 is 15.9 Å². The standard InChI is InChI=1S/C11H17N3O2S/c1-14(2)17(15,16)10-6-3-9(4-7-10)5-8-11(12)13/h3-4,6-7H,5,8H2,1-2H3,(H3,12,13). The third kappa shape index (κ3) is 3.54. The molecule has 1 rings (SSSR count). The zero-order valence-electron chi connectivity index (χ0n) is 9.97. The summed E-state index contributed by atoms with van der Waals surface area (Å²) in [5.41, 5.74) is 6.23. The average Bonchev–Trinajstić information content (AvgIpc) is 2.26. The highest BCUT2D eigenvalue weighted by molar-refractivity contribution is 7.89. The van der Waals surface area contributed by atoms with E-state index in [0.717, 1.165) is 5.56 Å². The molecule has 0 atom stereocenters. The number of benzene rings is 1. The van der Waals surface area contributed by atoms with Crippen molar-refractivity contribution in [3.05, 3.63) is 29.8 Å². The highest BCUT2D eigenvalue weighted by atomic mass is 32.2. The number of hydrogen-bond acceptors (Lipinski definition) is 3. The number of nitrogens with zero attached hydrogens (tertiary/aromatic N) is 1. The number of rotatable bonds is 5. The van der Waals surface area contributed by atoms with Crippen LogP contribution in [0.2, 0.25) is 0 Å². The zero-order valence-corrected chi connectivity index (χ0v) is 10.8. The summed E-state index contributed by atoms with van der Waals surface area (Å²) in [6.45, 7) is 0. The average molecular weight is 255 g/mol. The SMILES string of the molecule is CN(C)S(=O)(=O)c1ccc(CCC(=N)N)cc1. The Hall–Kier alpha value is -1.40. The van der Waals surface area contributed by atoms with E-state index in [1.807, 2.05) is 0 Å². The van der Waals surface area contributed by atoms with Crippen LogP contribution in [0, 0.1) is 5.41 Å². The highest BCUT2D eigenvalue weighted by Crippen LogP contribution is 2.14. The van der Waals surface area contributed by atoms with Crippen LogP contribution in [0.25, 0.3) is 0 Å². The Bertz CT molecular complexity index is 492. The minimum atomic E-state index is -3.36. The number of nitrogens with two attached hydrogens (primary N) is 1. The highest BCUT2D eigenvalue weighted by Gasteiger charge is 2.16. The van der Waals surface area contributed by atoms with E-state index >= 15 is 0 Å². The van der Waals surface area contributed by atoms with Gasteiger partial charge in [-0.1, -0.05) is 12.1 Å². The lowest BCUT2D eigenvalue weighted by atomic mass is 10.1. The van der Waals surface area contributed by atoms with Gasteiger partial charge in [0, 0.05) is 20.5 Å². The Morgan fingerprint density at radius 3 is 2.24 bits per heavy atom. The third-order valence-electron chi connectivity index (χ3n) is 2.38. The Kier molecular flexibility index (Phi) is 4.25. The first-order chi connectivity index (χ1) is 7.84. The van der Waals surface area contributed by atoms with Crippen LogP contribution in [-0.2, 0) is 16.4 Å². The molecule has 94 valence electrons. The lowest BCUT2D eigenvalue weighted by Gasteiger charge is -2.11. The Morgan fingerprint density at radius 1 is 1.29 bits per heavy atom. The first-order valence-corrected chi connectivity index (χ1v) is 6.62. The number of sulfonamides is 1. The molecule has 0 amide bonds. The van der Waals surface area contributed by atoms with Crippen LogP contribution in [0.5, 0.6) is 0 Å². The molecule has 0 aliphatic heterocycles. The molecule has 0 aromatic heterocycles. The maximum Gasteiger partial charge on any atom is 0.242 e. The molecular weight excluding hydrogens is 238 g/mol. The van der Waals surface area contributed by atoms with E-state index in [1.165, 1.54) is 18.4 Å². The summed E-state index contributed by atoms with van der Waals surface area (Å²) in [7, 11) is -0.361. The van der Waals surface area contributed by atoms with Gasteiger partial charge in [-0.3, -0.25) is 5.41 Å². The molecule has 0 aliphatic carbocycles. The van der Waals surface area contributed by atoms with Crippen molar-refractivity contribution in [1.82, 2.24) is 4.31 Å². The van der Waals surface area contributed by atoms with Crippen LogP contribution in [0.3, 0.4) is 0 Å². The third-order valence-corrected chi connectivity index (χ3v) is 4.21. The van der Waals surface area contributed by atoms with Crippen molar-refractivity contribution in [2.24, 2.45) is 5.73 Å². The van der Waals surface area contributed by atoms with Crippen molar-refractivity contribution in [1.29, 1.82) is 5.41 Å². The maximum absolute atomic E-state index is 11.8. The second-order valence-electron chi connectivity index (χ2n) is 3.96. The normalized spacial score (nSPS) is 11.7. The molecule has 0 saturated carbocycles. The minimum Gasteiger partial charge on any atom is -0.388 e. The van der Waals surface area contributed by atoms with Crippen molar-refractivity contribution in [2.45, 2.75) is 17.7 Å². The Morgan fingerprint density at radius 2 is 1.82 bits per heavy atom. The lowest BCUT2D eigenvalue weighted by molar-refractivity contribution is 0.520. The minimum absolute atomic E-state index is 0.134. The van der Waals surface area contributed by atoms with Gasteiger partial charge in [0.25, 0.3) is 0 Å². The summed E-state index contributed by atoms with van der Waals surface area (Å²) < 4.78 is 24.7. The first-order valence-electron chi connectivity index (χ1n) is 5.18. The predicted molar refractivity (Wildman–Crippen MR) is 67.5 cm³/mol. The molecule has 3 N–H and O–H groups in total. The van der Waals surface area contributed by atoms with E-state index in [2.05, 4.69) is 0 Å². The topological polar surface area (TPSA) is 87.2 Å². The van der Waals surface area contributed by atoms with Gasteiger partial charge in [0.05, 0.1) is 10.7 Å². The number of hydrogen-bond donors (Lipinski definition) is 2. The van der Waals surface area contributed by atoms with E-state index in [-0.39, 0.29) is 10.7 Å². The summed E-state index contributed by atoms with van der Waals surface area (Å²) in [4.78, 5) is 0.272. The number of nitrogens with one attached hydrogen (secondary N) is 1. The van der Waals surface area contributed by atoms with Gasteiger partial charge >= 0.3 is 0 Å². The van der Waals surface area contributed by atoms with Crippen LogP contribution in [-0.4, -0.2) is 32.7 Å². The molecule has 0 aliphatic rings. The van der Waals surface area contributed by atoms with Crippen molar-refractivity contribution in [3.8, 4) is 0 Å². The second-order valence-corrected chi connectivity index (χ2v) is 6.11. The van der Waals surface area contributed by atoms with E-state index in [0.29, 0.717) is 12.8 Å². The van der Waals surface area contributed by atoms with Gasteiger partial charge in [-0.2, -0.15) is 0 Å². The monoisotopic (exact) mass is 255 g/mol. The fourth-order valence-electron chi connectivity index (χ4n) is 1.32. The molecule has 1 aromatic rings. The van der Waals surface area contributed by atoms with Crippen molar-refractivity contribution in [2.75, 3.05) is 14.1 Å². The van der Waals surface area contributed by atoms with Crippen LogP contribution in [0.15, 0.2) is 29.2 Å². The number of amidine groups is 1. The van der Waals surface area contributed by atoms with E-state index in [9.17, 15) is 8.42 Å². The van der Waals surface area contributed by atoms with Crippen molar-refractivity contribution < 1.29 is 8.42 Å². The maximum atomic E-state index is 11.8. The van der Waals surface area contributed by atoms with E-state index in [4.69, 9.17) is 11.1 Å². The molecule has 0 heterocycles. The summed E-state index contributed by atoms with van der Waals surface area (Å²) in [6, 6.07) is 6.65. The smallest absolute Gasteiger partial charge is 0.242 e. The second kappa shape index (κ2) is 5.29. The van der Waals surface area contributed by atoms with Crippen LogP contribution < -0.4 is 5.73 Å². The molecule has 0 unspecified atom stereocenters. The molecule has 17 heavy (non-hydrogen) atoms. The van der Waals surface area contributed by atoms with Crippen LogP contribution in [0.4, 0.5) is 0 Å². The predicted octanol–water partition coefficient (Wildman–Crippen LogP) is 0.805. The van der Waals surface area contributed by atoms with Crippen molar-refractivity contribution in [3.63, 3.8) is 0 Å². The molecule has 0 saturated heterocycles. The summed E-state index contributed by atoms with van der Waals surface area (Å²) in [6.07, 6.45) is 1.14. The van der Waals surface area contributed by atoms with Gasteiger partial charge in [-0.05, 0) is 24.1 Å². The fourth-order valence-corrected chi connectivity index (χ4v) is 2.22. The zero-order chi connectivity index (χ0) is 13.1. The largest absolute Gasteiger partial charge is 0.388 e.